The van der Waals surface area contributed by atoms with Crippen molar-refractivity contribution in [1.29, 1.82) is 0 Å². The van der Waals surface area contributed by atoms with Crippen molar-refractivity contribution in [2.24, 2.45) is 0 Å². The third kappa shape index (κ3) is 5.64. The predicted molar refractivity (Wildman–Crippen MR) is 147 cm³/mol. The van der Waals surface area contributed by atoms with Crippen molar-refractivity contribution in [2.75, 3.05) is 17.4 Å². The highest BCUT2D eigenvalue weighted by molar-refractivity contribution is 7.93. The maximum Gasteiger partial charge on any atom is 0.265 e. The van der Waals surface area contributed by atoms with E-state index in [1.54, 1.807) is 17.0 Å². The number of amides is 2. The lowest BCUT2D eigenvalue weighted by atomic mass is 10.1. The largest absolute Gasteiger partial charge is 0.352 e. The zero-order chi connectivity index (χ0) is 26.6. The monoisotopic (exact) mass is 521 g/mol. The number of hydrogen-bond donors (Lipinski definition) is 1. The maximum atomic E-state index is 13.5. The van der Waals surface area contributed by atoms with Gasteiger partial charge >= 0.3 is 0 Å². The maximum absolute atomic E-state index is 13.5. The number of carbonyl (C=O) groups excluding carboxylic acids is 2. The van der Waals surface area contributed by atoms with Gasteiger partial charge in [-0.3, -0.25) is 13.9 Å². The SMILES string of the molecule is CCC(C(=O)NC(C)C)N(CCc1ccccc1)C(=O)CCCN1c2cccc3cccc(c23)S1(=O)=O. The molecule has 1 N–H and O–H groups in total. The summed E-state index contributed by atoms with van der Waals surface area (Å²) >= 11 is 0. The Bertz CT molecular complexity index is 1370. The van der Waals surface area contributed by atoms with Gasteiger partial charge in [0.2, 0.25) is 11.8 Å². The minimum absolute atomic E-state index is 0.0302. The first-order valence-corrected chi connectivity index (χ1v) is 14.4. The van der Waals surface area contributed by atoms with Gasteiger partial charge in [0.1, 0.15) is 6.04 Å². The molecule has 1 unspecified atom stereocenters. The molecule has 0 radical (unpaired) electrons. The van der Waals surface area contributed by atoms with Crippen LogP contribution in [0.2, 0.25) is 0 Å². The molecule has 3 aromatic rings. The van der Waals surface area contributed by atoms with Crippen molar-refractivity contribution in [3.8, 4) is 0 Å². The van der Waals surface area contributed by atoms with Crippen LogP contribution in [0.5, 0.6) is 0 Å². The van der Waals surface area contributed by atoms with E-state index >= 15 is 0 Å². The van der Waals surface area contributed by atoms with Crippen LogP contribution in [-0.2, 0) is 26.0 Å². The van der Waals surface area contributed by atoms with E-state index in [1.807, 2.05) is 75.4 Å². The van der Waals surface area contributed by atoms with Gasteiger partial charge in [0.05, 0.1) is 10.6 Å². The molecule has 0 bridgehead atoms. The van der Waals surface area contributed by atoms with Crippen molar-refractivity contribution in [1.82, 2.24) is 10.2 Å². The third-order valence-electron chi connectivity index (χ3n) is 6.73. The molecule has 7 nitrogen and oxygen atoms in total. The Balaban J connectivity index is 1.48. The van der Waals surface area contributed by atoms with E-state index in [9.17, 15) is 18.0 Å². The van der Waals surface area contributed by atoms with Gasteiger partial charge in [-0.2, -0.15) is 0 Å². The lowest BCUT2D eigenvalue weighted by Gasteiger charge is -2.31. The molecule has 1 aliphatic rings. The second kappa shape index (κ2) is 11.3. The average Bonchev–Trinajstić information content (AvgIpc) is 3.09. The van der Waals surface area contributed by atoms with Crippen LogP contribution in [0.1, 0.15) is 45.6 Å². The quantitative estimate of drug-likeness (QED) is 0.402. The van der Waals surface area contributed by atoms with E-state index < -0.39 is 16.1 Å². The molecule has 8 heteroatoms. The molecule has 0 spiro atoms. The summed E-state index contributed by atoms with van der Waals surface area (Å²) in [4.78, 5) is 28.4. The van der Waals surface area contributed by atoms with Crippen molar-refractivity contribution in [3.05, 3.63) is 72.3 Å². The molecule has 0 aliphatic carbocycles. The summed E-state index contributed by atoms with van der Waals surface area (Å²) in [6.45, 7) is 6.32. The zero-order valence-electron chi connectivity index (χ0n) is 21.7. The molecular weight excluding hydrogens is 486 g/mol. The van der Waals surface area contributed by atoms with Crippen molar-refractivity contribution >= 4 is 38.3 Å². The molecule has 3 aromatic carbocycles. The molecule has 0 saturated heterocycles. The molecule has 0 fully saturated rings. The van der Waals surface area contributed by atoms with Crippen molar-refractivity contribution in [2.45, 2.75) is 63.4 Å². The summed E-state index contributed by atoms with van der Waals surface area (Å²) in [5.41, 5.74) is 1.75. The molecule has 2 amide bonds. The van der Waals surface area contributed by atoms with Crippen LogP contribution in [0.25, 0.3) is 10.8 Å². The van der Waals surface area contributed by atoms with Gasteiger partial charge in [-0.05, 0) is 56.2 Å². The fourth-order valence-electron chi connectivity index (χ4n) is 4.99. The second-order valence-electron chi connectivity index (χ2n) is 9.72. The van der Waals surface area contributed by atoms with E-state index in [0.29, 0.717) is 36.4 Å². The predicted octanol–water partition coefficient (Wildman–Crippen LogP) is 4.50. The van der Waals surface area contributed by atoms with E-state index in [0.717, 1.165) is 16.3 Å². The van der Waals surface area contributed by atoms with Crippen LogP contribution in [0.4, 0.5) is 5.69 Å². The molecule has 0 aromatic heterocycles. The Labute approximate surface area is 219 Å². The fraction of sp³-hybridized carbons (Fsp3) is 0.379. The molecule has 1 aliphatic heterocycles. The lowest BCUT2D eigenvalue weighted by Crippen LogP contribution is -2.51. The van der Waals surface area contributed by atoms with E-state index in [2.05, 4.69) is 5.32 Å². The van der Waals surface area contributed by atoms with Gasteiger partial charge in [-0.1, -0.05) is 61.5 Å². The van der Waals surface area contributed by atoms with Crippen LogP contribution >= 0.6 is 0 Å². The molecule has 1 atom stereocenters. The summed E-state index contributed by atoms with van der Waals surface area (Å²) in [7, 11) is -3.67. The van der Waals surface area contributed by atoms with E-state index in [-0.39, 0.29) is 30.8 Å². The second-order valence-corrected chi connectivity index (χ2v) is 11.6. The van der Waals surface area contributed by atoms with Crippen LogP contribution < -0.4 is 9.62 Å². The van der Waals surface area contributed by atoms with Crippen LogP contribution in [-0.4, -0.2) is 50.3 Å². The number of carbonyl (C=O) groups is 2. The number of nitrogens with one attached hydrogen (secondary N) is 1. The third-order valence-corrected chi connectivity index (χ3v) is 8.59. The van der Waals surface area contributed by atoms with Crippen LogP contribution in [0, 0.1) is 0 Å². The minimum Gasteiger partial charge on any atom is -0.352 e. The zero-order valence-corrected chi connectivity index (χ0v) is 22.5. The first-order valence-electron chi connectivity index (χ1n) is 12.9. The summed E-state index contributed by atoms with van der Waals surface area (Å²) in [5, 5.41) is 4.55. The number of benzene rings is 3. The number of hydrogen-bond acceptors (Lipinski definition) is 4. The summed E-state index contributed by atoms with van der Waals surface area (Å²) in [6.07, 6.45) is 1.64. The first kappa shape index (κ1) is 26.7. The summed E-state index contributed by atoms with van der Waals surface area (Å²) in [6, 6.07) is 20.1. The molecule has 37 heavy (non-hydrogen) atoms. The van der Waals surface area contributed by atoms with Gasteiger partial charge in [-0.25, -0.2) is 8.42 Å². The molecule has 196 valence electrons. The molecule has 0 saturated carbocycles. The van der Waals surface area contributed by atoms with Crippen LogP contribution in [0.3, 0.4) is 0 Å². The molecule has 4 rings (SSSR count). The van der Waals surface area contributed by atoms with Gasteiger partial charge < -0.3 is 10.2 Å². The molecule has 1 heterocycles. The normalized spacial score (nSPS) is 14.6. The Kier molecular flexibility index (Phi) is 8.17. The highest BCUT2D eigenvalue weighted by atomic mass is 32.2. The Hall–Kier alpha value is -3.39. The van der Waals surface area contributed by atoms with Crippen LogP contribution in [0.15, 0.2) is 71.6 Å². The number of rotatable bonds is 11. The smallest absolute Gasteiger partial charge is 0.265 e. The number of sulfonamides is 1. The van der Waals surface area contributed by atoms with Gasteiger partial charge in [0.15, 0.2) is 0 Å². The summed E-state index contributed by atoms with van der Waals surface area (Å²) in [5.74, 6) is -0.308. The van der Waals surface area contributed by atoms with E-state index in [1.165, 1.54) is 4.31 Å². The highest BCUT2D eigenvalue weighted by Gasteiger charge is 2.35. The average molecular weight is 522 g/mol. The van der Waals surface area contributed by atoms with Gasteiger partial charge in [0.25, 0.3) is 10.0 Å². The van der Waals surface area contributed by atoms with Crippen molar-refractivity contribution in [3.63, 3.8) is 0 Å². The molecular formula is C29H35N3O4S. The minimum atomic E-state index is -3.67. The fourth-order valence-corrected chi connectivity index (χ4v) is 6.74. The van der Waals surface area contributed by atoms with Gasteiger partial charge in [-0.15, -0.1) is 0 Å². The van der Waals surface area contributed by atoms with Gasteiger partial charge in [0, 0.05) is 30.9 Å². The standard InChI is InChI=1S/C29H35N3O4S/c1-4-24(29(34)30-21(2)3)31(20-18-22-11-6-5-7-12-22)27(33)17-10-19-32-25-15-8-13-23-14-9-16-26(28(23)25)37(32,35)36/h5-9,11-16,21,24H,4,10,17-20H2,1-3H3,(H,30,34). The van der Waals surface area contributed by atoms with Crippen molar-refractivity contribution < 1.29 is 18.0 Å². The Morgan fingerprint density at radius 1 is 0.973 bits per heavy atom. The number of anilines is 1. The first-order chi connectivity index (χ1) is 17.7. The highest BCUT2D eigenvalue weighted by Crippen LogP contribution is 2.42. The van der Waals surface area contributed by atoms with E-state index in [4.69, 9.17) is 0 Å². The lowest BCUT2D eigenvalue weighted by molar-refractivity contribution is -0.141. The topological polar surface area (TPSA) is 86.8 Å². The Morgan fingerprint density at radius 2 is 1.68 bits per heavy atom. The Morgan fingerprint density at radius 3 is 2.35 bits per heavy atom. The summed E-state index contributed by atoms with van der Waals surface area (Å²) < 4.78 is 27.9. The number of nitrogens with zero attached hydrogens (tertiary/aromatic N) is 2.